The highest BCUT2D eigenvalue weighted by atomic mass is 32.2. The van der Waals surface area contributed by atoms with Crippen molar-refractivity contribution in [2.45, 2.75) is 30.6 Å². The van der Waals surface area contributed by atoms with E-state index in [9.17, 15) is 0 Å². The van der Waals surface area contributed by atoms with Crippen molar-refractivity contribution in [1.29, 1.82) is 0 Å². The number of hydrogen-bond donors (Lipinski definition) is 0. The van der Waals surface area contributed by atoms with Crippen molar-refractivity contribution < 1.29 is 4.42 Å². The molecule has 0 N–H and O–H groups in total. The van der Waals surface area contributed by atoms with Crippen LogP contribution in [-0.4, -0.2) is 24.7 Å². The first-order valence-corrected chi connectivity index (χ1v) is 10.7. The highest BCUT2D eigenvalue weighted by molar-refractivity contribution is 7.99. The second kappa shape index (κ2) is 7.46. The predicted octanol–water partition coefficient (Wildman–Crippen LogP) is 5.36. The van der Waals surface area contributed by atoms with Gasteiger partial charge in [0.1, 0.15) is 21.9 Å². The minimum atomic E-state index is 0.544. The third kappa shape index (κ3) is 3.56. The fourth-order valence-corrected chi connectivity index (χ4v) is 4.98. The van der Waals surface area contributed by atoms with Crippen molar-refractivity contribution in [2.75, 3.05) is 0 Å². The molecular formula is C21H17N5OS2. The van der Waals surface area contributed by atoms with Crippen LogP contribution in [0.3, 0.4) is 0 Å². The molecule has 0 amide bonds. The lowest BCUT2D eigenvalue weighted by molar-refractivity contribution is 0.485. The Bertz CT molecular complexity index is 1290. The molecule has 0 aliphatic rings. The van der Waals surface area contributed by atoms with E-state index in [0.29, 0.717) is 6.54 Å². The lowest BCUT2D eigenvalue weighted by Crippen LogP contribution is -2.03. The molecule has 0 atom stereocenters. The molecular weight excluding hydrogens is 402 g/mol. The maximum absolute atomic E-state index is 5.59. The Morgan fingerprint density at radius 3 is 2.83 bits per heavy atom. The molecule has 1 aromatic carbocycles. The van der Waals surface area contributed by atoms with Crippen molar-refractivity contribution in [2.24, 2.45) is 0 Å². The van der Waals surface area contributed by atoms with E-state index < -0.39 is 0 Å². The monoisotopic (exact) mass is 419 g/mol. The molecule has 5 rings (SSSR count). The van der Waals surface area contributed by atoms with Gasteiger partial charge in [0.05, 0.1) is 12.8 Å². The van der Waals surface area contributed by atoms with Crippen LogP contribution >= 0.6 is 23.1 Å². The standard InChI is InChI=1S/C21H17N5OS2/c1-13-5-3-6-15(9-13)18-24-25-21(26(18)11-16-7-4-8-27-16)29-20-17-10-14(2)28-19(17)22-12-23-20/h3-10,12H,11H2,1-2H3. The molecule has 0 spiro atoms. The SMILES string of the molecule is Cc1cccc(-c2nnc(Sc3ncnc4sc(C)cc34)n2Cc2ccco2)c1. The molecule has 0 aliphatic carbocycles. The fraction of sp³-hybridized carbons (Fsp3) is 0.143. The number of rotatable bonds is 5. The van der Waals surface area contributed by atoms with Crippen LogP contribution < -0.4 is 0 Å². The summed E-state index contributed by atoms with van der Waals surface area (Å²) in [5.41, 5.74) is 2.20. The van der Waals surface area contributed by atoms with E-state index in [1.165, 1.54) is 22.2 Å². The van der Waals surface area contributed by atoms with E-state index in [-0.39, 0.29) is 0 Å². The summed E-state index contributed by atoms with van der Waals surface area (Å²) >= 11 is 3.17. The van der Waals surface area contributed by atoms with Crippen molar-refractivity contribution >= 4 is 33.3 Å². The summed E-state index contributed by atoms with van der Waals surface area (Å²) < 4.78 is 7.67. The second-order valence-corrected chi connectivity index (χ2v) is 8.89. The van der Waals surface area contributed by atoms with E-state index in [0.717, 1.165) is 37.5 Å². The summed E-state index contributed by atoms with van der Waals surface area (Å²) in [5.74, 6) is 1.65. The van der Waals surface area contributed by atoms with Gasteiger partial charge in [-0.05, 0) is 49.9 Å². The van der Waals surface area contributed by atoms with Gasteiger partial charge in [0.25, 0.3) is 0 Å². The molecule has 0 radical (unpaired) electrons. The van der Waals surface area contributed by atoms with Crippen molar-refractivity contribution in [3.8, 4) is 11.4 Å². The van der Waals surface area contributed by atoms with Crippen LogP contribution in [0, 0.1) is 13.8 Å². The van der Waals surface area contributed by atoms with Crippen molar-refractivity contribution in [3.05, 3.63) is 71.3 Å². The molecule has 8 heteroatoms. The summed E-state index contributed by atoms with van der Waals surface area (Å²) in [6, 6.07) is 14.2. The normalized spacial score (nSPS) is 11.4. The Labute approximate surface area is 175 Å². The Kier molecular flexibility index (Phi) is 4.65. The average molecular weight is 420 g/mol. The first kappa shape index (κ1) is 18.1. The Hall–Kier alpha value is -2.97. The smallest absolute Gasteiger partial charge is 0.198 e. The van der Waals surface area contributed by atoms with E-state index >= 15 is 0 Å². The predicted molar refractivity (Wildman–Crippen MR) is 114 cm³/mol. The molecule has 0 unspecified atom stereocenters. The summed E-state index contributed by atoms with van der Waals surface area (Å²) in [7, 11) is 0. The average Bonchev–Trinajstić information content (AvgIpc) is 3.43. The quantitative estimate of drug-likeness (QED) is 0.357. The first-order chi connectivity index (χ1) is 14.2. The highest BCUT2D eigenvalue weighted by Gasteiger charge is 2.19. The van der Waals surface area contributed by atoms with E-state index in [4.69, 9.17) is 4.42 Å². The van der Waals surface area contributed by atoms with Crippen LogP contribution in [0.1, 0.15) is 16.2 Å². The number of fused-ring (bicyclic) bond motifs is 1. The van der Waals surface area contributed by atoms with Gasteiger partial charge in [0.2, 0.25) is 0 Å². The number of nitrogens with zero attached hydrogens (tertiary/aromatic N) is 5. The molecule has 5 aromatic rings. The fourth-order valence-electron chi connectivity index (χ4n) is 3.18. The third-order valence-corrected chi connectivity index (χ3v) is 6.45. The Balaban J connectivity index is 1.60. The van der Waals surface area contributed by atoms with Crippen LogP contribution in [0.2, 0.25) is 0 Å². The van der Waals surface area contributed by atoms with Crippen LogP contribution in [0.4, 0.5) is 0 Å². The van der Waals surface area contributed by atoms with Gasteiger partial charge in [-0.15, -0.1) is 21.5 Å². The van der Waals surface area contributed by atoms with Crippen LogP contribution in [-0.2, 0) is 6.54 Å². The number of hydrogen-bond acceptors (Lipinski definition) is 7. The van der Waals surface area contributed by atoms with Gasteiger partial charge in [0.15, 0.2) is 11.0 Å². The van der Waals surface area contributed by atoms with Crippen molar-refractivity contribution in [1.82, 2.24) is 24.7 Å². The van der Waals surface area contributed by atoms with E-state index in [2.05, 4.69) is 62.8 Å². The van der Waals surface area contributed by atoms with Gasteiger partial charge >= 0.3 is 0 Å². The van der Waals surface area contributed by atoms with E-state index in [1.807, 2.05) is 18.2 Å². The molecule has 0 bridgehead atoms. The number of aromatic nitrogens is 5. The number of furan rings is 1. The molecule has 4 heterocycles. The highest BCUT2D eigenvalue weighted by Crippen LogP contribution is 2.35. The van der Waals surface area contributed by atoms with Gasteiger partial charge in [-0.25, -0.2) is 9.97 Å². The first-order valence-electron chi connectivity index (χ1n) is 9.09. The zero-order valence-electron chi connectivity index (χ0n) is 15.9. The topological polar surface area (TPSA) is 69.6 Å². The maximum atomic E-state index is 5.59. The van der Waals surface area contributed by atoms with Gasteiger partial charge in [-0.3, -0.25) is 4.57 Å². The molecule has 0 aliphatic heterocycles. The second-order valence-electron chi connectivity index (χ2n) is 6.70. The van der Waals surface area contributed by atoms with Gasteiger partial charge < -0.3 is 4.42 Å². The summed E-state index contributed by atoms with van der Waals surface area (Å²) in [4.78, 5) is 11.1. The van der Waals surface area contributed by atoms with Crippen LogP contribution in [0.15, 0.2) is 69.7 Å². The van der Waals surface area contributed by atoms with Crippen LogP contribution in [0.5, 0.6) is 0 Å². The summed E-state index contributed by atoms with van der Waals surface area (Å²) in [5, 5.41) is 11.7. The summed E-state index contributed by atoms with van der Waals surface area (Å²) in [6.07, 6.45) is 3.29. The lowest BCUT2D eigenvalue weighted by atomic mass is 10.1. The molecule has 0 saturated carbocycles. The maximum Gasteiger partial charge on any atom is 0.198 e. The molecule has 144 valence electrons. The van der Waals surface area contributed by atoms with Gasteiger partial charge in [-0.2, -0.15) is 0 Å². The summed E-state index contributed by atoms with van der Waals surface area (Å²) in [6.45, 7) is 4.70. The molecule has 0 saturated heterocycles. The van der Waals surface area contributed by atoms with Crippen molar-refractivity contribution in [3.63, 3.8) is 0 Å². The Morgan fingerprint density at radius 2 is 2.00 bits per heavy atom. The zero-order valence-corrected chi connectivity index (χ0v) is 17.5. The Morgan fingerprint density at radius 1 is 1.07 bits per heavy atom. The minimum Gasteiger partial charge on any atom is -0.467 e. The molecule has 4 aromatic heterocycles. The molecule has 0 fully saturated rings. The third-order valence-electron chi connectivity index (χ3n) is 4.49. The number of benzene rings is 1. The number of aryl methyl sites for hydroxylation is 2. The molecule has 6 nitrogen and oxygen atoms in total. The number of thiophene rings is 1. The van der Waals surface area contributed by atoms with E-state index in [1.54, 1.807) is 23.9 Å². The van der Waals surface area contributed by atoms with Gasteiger partial charge in [-0.1, -0.05) is 23.8 Å². The molecule has 29 heavy (non-hydrogen) atoms. The lowest BCUT2D eigenvalue weighted by Gasteiger charge is -2.09. The van der Waals surface area contributed by atoms with Crippen LogP contribution in [0.25, 0.3) is 21.6 Å². The van der Waals surface area contributed by atoms with Gasteiger partial charge in [0, 0.05) is 15.8 Å². The minimum absolute atomic E-state index is 0.544. The zero-order chi connectivity index (χ0) is 19.8. The largest absolute Gasteiger partial charge is 0.467 e.